The average molecular weight is 366 g/mol. The number of likely N-dealkylation sites (tertiary alicyclic amines) is 1. The molecule has 0 aromatic heterocycles. The van der Waals surface area contributed by atoms with Crippen molar-refractivity contribution in [1.29, 1.82) is 0 Å². The van der Waals surface area contributed by atoms with Crippen LogP contribution in [0.5, 0.6) is 0 Å². The van der Waals surface area contributed by atoms with Crippen molar-refractivity contribution in [2.45, 2.75) is 49.8 Å². The molecular weight excluding hydrogens is 340 g/mol. The van der Waals surface area contributed by atoms with Crippen molar-refractivity contribution in [3.63, 3.8) is 0 Å². The van der Waals surface area contributed by atoms with Crippen LogP contribution in [0.2, 0.25) is 0 Å². The minimum Gasteiger partial charge on any atom is -0.391 e. The van der Waals surface area contributed by atoms with Crippen molar-refractivity contribution < 1.29 is 13.5 Å². The highest BCUT2D eigenvalue weighted by Gasteiger charge is 2.27. The van der Waals surface area contributed by atoms with Gasteiger partial charge in [-0.1, -0.05) is 12.1 Å². The molecule has 3 N–H and O–H groups in total. The monoisotopic (exact) mass is 366 g/mol. The van der Waals surface area contributed by atoms with Crippen molar-refractivity contribution in [3.05, 3.63) is 29.8 Å². The van der Waals surface area contributed by atoms with Crippen molar-refractivity contribution in [1.82, 2.24) is 14.9 Å². The fourth-order valence-corrected chi connectivity index (χ4v) is 4.09. The fraction of sp³-hybridized carbons (Fsp3) is 0.588. The van der Waals surface area contributed by atoms with E-state index < -0.39 is 10.0 Å². The molecule has 1 saturated carbocycles. The van der Waals surface area contributed by atoms with E-state index in [1.165, 1.54) is 0 Å². The Hall–Kier alpha value is -1.64. The summed E-state index contributed by atoms with van der Waals surface area (Å²) in [4.78, 5) is 6.95. The topological polar surface area (TPSA) is 94.0 Å². The number of hydrogen-bond acceptors (Lipinski definition) is 4. The molecule has 0 unspecified atom stereocenters. The lowest BCUT2D eigenvalue weighted by molar-refractivity contribution is 0.188. The van der Waals surface area contributed by atoms with Crippen molar-refractivity contribution in [3.8, 4) is 0 Å². The molecule has 138 valence electrons. The van der Waals surface area contributed by atoms with Crippen LogP contribution >= 0.6 is 0 Å². The molecule has 1 aliphatic heterocycles. The first-order valence-corrected chi connectivity index (χ1v) is 10.3. The van der Waals surface area contributed by atoms with Gasteiger partial charge in [-0.25, -0.2) is 18.1 Å². The summed E-state index contributed by atoms with van der Waals surface area (Å²) in [5.74, 6) is 0.783. The van der Waals surface area contributed by atoms with E-state index in [4.69, 9.17) is 0 Å². The number of aliphatic hydroxyl groups excluding tert-OH is 1. The Morgan fingerprint density at radius 3 is 2.56 bits per heavy atom. The van der Waals surface area contributed by atoms with Gasteiger partial charge in [-0.3, -0.25) is 0 Å². The van der Waals surface area contributed by atoms with Crippen LogP contribution in [-0.2, 0) is 16.6 Å². The fourth-order valence-electron chi connectivity index (χ4n) is 2.79. The third kappa shape index (κ3) is 4.93. The summed E-state index contributed by atoms with van der Waals surface area (Å²) in [6.45, 7) is 4.61. The van der Waals surface area contributed by atoms with Crippen LogP contribution in [0.1, 0.15) is 31.7 Å². The zero-order valence-electron chi connectivity index (χ0n) is 14.5. The Balaban J connectivity index is 1.65. The normalized spacial score (nSPS) is 21.6. The molecule has 25 heavy (non-hydrogen) atoms. The van der Waals surface area contributed by atoms with Crippen LogP contribution in [0.15, 0.2) is 34.2 Å². The summed E-state index contributed by atoms with van der Waals surface area (Å²) < 4.78 is 27.0. The van der Waals surface area contributed by atoms with Crippen molar-refractivity contribution in [2.24, 2.45) is 4.99 Å². The smallest absolute Gasteiger partial charge is 0.240 e. The van der Waals surface area contributed by atoms with Crippen molar-refractivity contribution in [2.75, 3.05) is 19.6 Å². The molecule has 1 aliphatic carbocycles. The molecule has 0 amide bonds. The van der Waals surface area contributed by atoms with Crippen LogP contribution in [0.3, 0.4) is 0 Å². The standard InChI is InChI=1S/C17H26N4O3S/c1-2-18-17(21-10-9-15(22)12-21)19-11-13-3-7-16(8-4-13)25(23,24)20-14-5-6-14/h3-4,7-8,14-15,20,22H,2,5-6,9-12H2,1H3,(H,18,19)/t15-/m1/s1. The maximum Gasteiger partial charge on any atom is 0.240 e. The number of hydrogen-bond donors (Lipinski definition) is 3. The summed E-state index contributed by atoms with van der Waals surface area (Å²) in [6, 6.07) is 6.96. The van der Waals surface area contributed by atoms with Gasteiger partial charge in [-0.2, -0.15) is 0 Å². The van der Waals surface area contributed by atoms with Crippen LogP contribution in [0.4, 0.5) is 0 Å². The number of nitrogens with zero attached hydrogens (tertiary/aromatic N) is 2. The Morgan fingerprint density at radius 1 is 1.28 bits per heavy atom. The van der Waals surface area contributed by atoms with Crippen LogP contribution in [-0.4, -0.2) is 56.2 Å². The van der Waals surface area contributed by atoms with E-state index >= 15 is 0 Å². The van der Waals surface area contributed by atoms with E-state index in [1.807, 2.05) is 11.8 Å². The molecule has 0 bridgehead atoms. The molecule has 0 spiro atoms. The highest BCUT2D eigenvalue weighted by Crippen LogP contribution is 2.22. The van der Waals surface area contributed by atoms with Gasteiger partial charge in [0.2, 0.25) is 10.0 Å². The second-order valence-corrected chi connectivity index (χ2v) is 8.31. The molecule has 1 saturated heterocycles. The quantitative estimate of drug-likeness (QED) is 0.508. The third-order valence-electron chi connectivity index (χ3n) is 4.34. The Morgan fingerprint density at radius 2 is 2.00 bits per heavy atom. The van der Waals surface area contributed by atoms with Crippen LogP contribution in [0.25, 0.3) is 0 Å². The zero-order chi connectivity index (χ0) is 17.9. The molecule has 1 heterocycles. The van der Waals surface area contributed by atoms with E-state index in [1.54, 1.807) is 24.3 Å². The van der Waals surface area contributed by atoms with E-state index in [2.05, 4.69) is 15.0 Å². The van der Waals surface area contributed by atoms with Crippen molar-refractivity contribution >= 4 is 16.0 Å². The minimum absolute atomic E-state index is 0.104. The Kier molecular flexibility index (Phi) is 5.61. The number of benzene rings is 1. The number of aliphatic hydroxyl groups is 1. The molecule has 8 heteroatoms. The lowest BCUT2D eigenvalue weighted by Gasteiger charge is -2.20. The van der Waals surface area contributed by atoms with E-state index in [-0.39, 0.29) is 12.1 Å². The summed E-state index contributed by atoms with van der Waals surface area (Å²) in [5.41, 5.74) is 0.945. The van der Waals surface area contributed by atoms with Gasteiger partial charge in [0.1, 0.15) is 0 Å². The van der Waals surface area contributed by atoms with Gasteiger partial charge < -0.3 is 15.3 Å². The second-order valence-electron chi connectivity index (χ2n) is 6.60. The number of sulfonamides is 1. The molecule has 2 fully saturated rings. The van der Waals surface area contributed by atoms with E-state index in [9.17, 15) is 13.5 Å². The summed E-state index contributed by atoms with van der Waals surface area (Å²) in [6.07, 6.45) is 2.30. The molecule has 1 aromatic carbocycles. The highest BCUT2D eigenvalue weighted by molar-refractivity contribution is 7.89. The maximum absolute atomic E-state index is 12.2. The van der Waals surface area contributed by atoms with Gasteiger partial charge in [-0.15, -0.1) is 0 Å². The summed E-state index contributed by atoms with van der Waals surface area (Å²) in [5, 5.41) is 12.9. The number of β-amino-alcohol motifs (C(OH)–C–C–N with tert-alkyl or cyclic N) is 1. The SMILES string of the molecule is CCNC(=NCc1ccc(S(=O)(=O)NC2CC2)cc1)N1CC[C@@H](O)C1. The van der Waals surface area contributed by atoms with Gasteiger partial charge in [-0.05, 0) is 43.9 Å². The van der Waals surface area contributed by atoms with Gasteiger partial charge in [0, 0.05) is 25.7 Å². The molecule has 0 radical (unpaired) electrons. The first kappa shape index (κ1) is 18.2. The van der Waals surface area contributed by atoms with E-state index in [0.29, 0.717) is 18.0 Å². The maximum atomic E-state index is 12.2. The molecule has 1 aromatic rings. The number of nitrogens with one attached hydrogen (secondary N) is 2. The first-order chi connectivity index (χ1) is 12.0. The van der Waals surface area contributed by atoms with Gasteiger partial charge in [0.15, 0.2) is 5.96 Å². The highest BCUT2D eigenvalue weighted by atomic mass is 32.2. The van der Waals surface area contributed by atoms with E-state index in [0.717, 1.165) is 43.9 Å². The first-order valence-electron chi connectivity index (χ1n) is 8.80. The lowest BCUT2D eigenvalue weighted by atomic mass is 10.2. The third-order valence-corrected chi connectivity index (χ3v) is 5.88. The largest absolute Gasteiger partial charge is 0.391 e. The van der Waals surface area contributed by atoms with Crippen LogP contribution < -0.4 is 10.0 Å². The van der Waals surface area contributed by atoms with Gasteiger partial charge in [0.05, 0.1) is 17.5 Å². The number of rotatable bonds is 6. The molecule has 1 atom stereocenters. The number of guanidine groups is 1. The lowest BCUT2D eigenvalue weighted by Crippen LogP contribution is -2.40. The molecular formula is C17H26N4O3S. The molecule has 7 nitrogen and oxygen atoms in total. The Bertz CT molecular complexity index is 714. The Labute approximate surface area is 149 Å². The summed E-state index contributed by atoms with van der Waals surface area (Å²) in [7, 11) is -3.41. The predicted molar refractivity (Wildman–Crippen MR) is 96.8 cm³/mol. The van der Waals surface area contributed by atoms with Crippen LogP contribution in [0, 0.1) is 0 Å². The number of aliphatic imine (C=N–C) groups is 1. The second kappa shape index (κ2) is 7.72. The zero-order valence-corrected chi connectivity index (χ0v) is 15.3. The van der Waals surface area contributed by atoms with Gasteiger partial charge in [0.25, 0.3) is 0 Å². The molecule has 3 rings (SSSR count). The molecule has 2 aliphatic rings. The predicted octanol–water partition coefficient (Wildman–Crippen LogP) is 0.659. The average Bonchev–Trinajstić information content (AvgIpc) is 3.28. The summed E-state index contributed by atoms with van der Waals surface area (Å²) >= 11 is 0. The minimum atomic E-state index is -3.41. The van der Waals surface area contributed by atoms with Gasteiger partial charge >= 0.3 is 0 Å².